The zero-order valence-electron chi connectivity index (χ0n) is 9.41. The van der Waals surface area contributed by atoms with Gasteiger partial charge in [0.2, 0.25) is 0 Å². The molecule has 0 radical (unpaired) electrons. The Bertz CT molecular complexity index is 135. The van der Waals surface area contributed by atoms with Gasteiger partial charge in [-0.05, 0) is 18.3 Å². The lowest BCUT2D eigenvalue weighted by Gasteiger charge is -2.23. The summed E-state index contributed by atoms with van der Waals surface area (Å²) in [7, 11) is 0. The van der Waals surface area contributed by atoms with Crippen molar-refractivity contribution in [2.45, 2.75) is 60.3 Å². The molecule has 12 heavy (non-hydrogen) atoms. The Balaban J connectivity index is 4.22. The highest BCUT2D eigenvalue weighted by molar-refractivity contribution is 5.10. The van der Waals surface area contributed by atoms with Crippen LogP contribution in [0.15, 0.2) is 11.6 Å². The predicted octanol–water partition coefficient (Wildman–Crippen LogP) is 4.56. The van der Waals surface area contributed by atoms with Crippen molar-refractivity contribution >= 4 is 0 Å². The normalized spacial score (nSPS) is 13.6. The molecule has 0 nitrogen and oxygen atoms in total. The SMILES string of the molecule is CCC/C=C(\CCC)C(C)(C)C. The van der Waals surface area contributed by atoms with Gasteiger partial charge in [0.25, 0.3) is 0 Å². The van der Waals surface area contributed by atoms with Crippen LogP contribution in [0.1, 0.15) is 60.3 Å². The summed E-state index contributed by atoms with van der Waals surface area (Å²) in [5.74, 6) is 0. The average Bonchev–Trinajstić information content (AvgIpc) is 1.95. The first-order valence-electron chi connectivity index (χ1n) is 5.21. The molecule has 0 aliphatic carbocycles. The number of unbranched alkanes of at least 4 members (excludes halogenated alkanes) is 1. The Morgan fingerprint density at radius 1 is 1.08 bits per heavy atom. The zero-order chi connectivity index (χ0) is 9.61. The van der Waals surface area contributed by atoms with E-state index in [2.05, 4.69) is 40.7 Å². The van der Waals surface area contributed by atoms with E-state index in [-0.39, 0.29) is 0 Å². The van der Waals surface area contributed by atoms with Crippen LogP contribution >= 0.6 is 0 Å². The molecule has 0 fully saturated rings. The van der Waals surface area contributed by atoms with Crippen molar-refractivity contribution in [2.75, 3.05) is 0 Å². The third kappa shape index (κ3) is 4.58. The van der Waals surface area contributed by atoms with E-state index in [1.165, 1.54) is 25.7 Å². The first-order valence-corrected chi connectivity index (χ1v) is 5.21. The zero-order valence-corrected chi connectivity index (χ0v) is 9.41. The summed E-state index contributed by atoms with van der Waals surface area (Å²) in [6.07, 6.45) is 7.48. The molecular weight excluding hydrogens is 144 g/mol. The summed E-state index contributed by atoms with van der Waals surface area (Å²) in [6, 6.07) is 0. The maximum Gasteiger partial charge on any atom is -0.0173 e. The van der Waals surface area contributed by atoms with Gasteiger partial charge in [0, 0.05) is 0 Å². The molecule has 0 heteroatoms. The maximum absolute atomic E-state index is 2.43. The van der Waals surface area contributed by atoms with Crippen molar-refractivity contribution in [2.24, 2.45) is 5.41 Å². The van der Waals surface area contributed by atoms with Gasteiger partial charge in [-0.25, -0.2) is 0 Å². The number of allylic oxidation sites excluding steroid dienone is 2. The Hall–Kier alpha value is -0.260. The minimum absolute atomic E-state index is 0.380. The lowest BCUT2D eigenvalue weighted by Crippen LogP contribution is -2.09. The van der Waals surface area contributed by atoms with Gasteiger partial charge in [0.15, 0.2) is 0 Å². The quantitative estimate of drug-likeness (QED) is 0.540. The summed E-state index contributed by atoms with van der Waals surface area (Å²) in [6.45, 7) is 11.4. The van der Waals surface area contributed by atoms with Crippen molar-refractivity contribution in [1.82, 2.24) is 0 Å². The Morgan fingerprint density at radius 2 is 1.67 bits per heavy atom. The van der Waals surface area contributed by atoms with Crippen LogP contribution in [0, 0.1) is 5.41 Å². The van der Waals surface area contributed by atoms with E-state index in [1.807, 2.05) is 0 Å². The Morgan fingerprint density at radius 3 is 2.00 bits per heavy atom. The highest BCUT2D eigenvalue weighted by Crippen LogP contribution is 2.29. The van der Waals surface area contributed by atoms with E-state index in [4.69, 9.17) is 0 Å². The van der Waals surface area contributed by atoms with Crippen molar-refractivity contribution in [1.29, 1.82) is 0 Å². The maximum atomic E-state index is 2.43. The van der Waals surface area contributed by atoms with Crippen molar-refractivity contribution in [3.63, 3.8) is 0 Å². The van der Waals surface area contributed by atoms with E-state index in [0.717, 1.165) is 0 Å². The molecule has 0 rings (SSSR count). The van der Waals surface area contributed by atoms with Gasteiger partial charge >= 0.3 is 0 Å². The first kappa shape index (κ1) is 11.7. The van der Waals surface area contributed by atoms with Crippen molar-refractivity contribution < 1.29 is 0 Å². The Labute approximate surface area is 78.1 Å². The predicted molar refractivity (Wildman–Crippen MR) is 57.4 cm³/mol. The highest BCUT2D eigenvalue weighted by Gasteiger charge is 2.14. The molecule has 0 aromatic rings. The van der Waals surface area contributed by atoms with Crippen LogP contribution in [0.5, 0.6) is 0 Å². The van der Waals surface area contributed by atoms with Gasteiger partial charge in [-0.2, -0.15) is 0 Å². The van der Waals surface area contributed by atoms with E-state index >= 15 is 0 Å². The minimum atomic E-state index is 0.380. The molecule has 0 heterocycles. The smallest absolute Gasteiger partial charge is 0.0173 e. The van der Waals surface area contributed by atoms with E-state index in [9.17, 15) is 0 Å². The summed E-state index contributed by atoms with van der Waals surface area (Å²) in [5.41, 5.74) is 2.01. The molecule has 0 aromatic heterocycles. The van der Waals surface area contributed by atoms with Crippen LogP contribution in [-0.4, -0.2) is 0 Å². The monoisotopic (exact) mass is 168 g/mol. The molecule has 0 bridgehead atoms. The van der Waals surface area contributed by atoms with Crippen LogP contribution < -0.4 is 0 Å². The van der Waals surface area contributed by atoms with Crippen LogP contribution in [-0.2, 0) is 0 Å². The van der Waals surface area contributed by atoms with Crippen LogP contribution in [0.3, 0.4) is 0 Å². The summed E-state index contributed by atoms with van der Waals surface area (Å²) in [4.78, 5) is 0. The Kier molecular flexibility index (Phi) is 5.28. The molecule has 0 saturated heterocycles. The summed E-state index contributed by atoms with van der Waals surface area (Å²) >= 11 is 0. The summed E-state index contributed by atoms with van der Waals surface area (Å²) in [5, 5.41) is 0. The third-order valence-corrected chi connectivity index (χ3v) is 2.16. The fourth-order valence-electron chi connectivity index (χ4n) is 1.37. The van der Waals surface area contributed by atoms with Crippen molar-refractivity contribution in [3.8, 4) is 0 Å². The standard InChI is InChI=1S/C12H24/c1-6-8-10-11(9-7-2)12(3,4)5/h10H,6-9H2,1-5H3/b11-10+. The van der Waals surface area contributed by atoms with Gasteiger partial charge < -0.3 is 0 Å². The molecule has 0 saturated carbocycles. The van der Waals surface area contributed by atoms with Gasteiger partial charge in [-0.3, -0.25) is 0 Å². The molecule has 0 N–H and O–H groups in total. The second-order valence-corrected chi connectivity index (χ2v) is 4.52. The highest BCUT2D eigenvalue weighted by atomic mass is 14.2. The lowest BCUT2D eigenvalue weighted by molar-refractivity contribution is 0.477. The van der Waals surface area contributed by atoms with Crippen LogP contribution in [0.2, 0.25) is 0 Å². The molecule has 0 aliphatic heterocycles. The third-order valence-electron chi connectivity index (χ3n) is 2.16. The number of rotatable bonds is 4. The lowest BCUT2D eigenvalue weighted by atomic mass is 9.83. The molecule has 72 valence electrons. The van der Waals surface area contributed by atoms with E-state index in [1.54, 1.807) is 5.57 Å². The van der Waals surface area contributed by atoms with Gasteiger partial charge in [-0.1, -0.05) is 59.1 Å². The topological polar surface area (TPSA) is 0 Å². The molecule has 0 atom stereocenters. The van der Waals surface area contributed by atoms with Gasteiger partial charge in [-0.15, -0.1) is 0 Å². The van der Waals surface area contributed by atoms with E-state index < -0.39 is 0 Å². The molecule has 0 unspecified atom stereocenters. The van der Waals surface area contributed by atoms with E-state index in [0.29, 0.717) is 5.41 Å². The van der Waals surface area contributed by atoms with Crippen LogP contribution in [0.4, 0.5) is 0 Å². The average molecular weight is 168 g/mol. The second-order valence-electron chi connectivity index (χ2n) is 4.52. The largest absolute Gasteiger partial charge is 0.0848 e. The van der Waals surface area contributed by atoms with Crippen LogP contribution in [0.25, 0.3) is 0 Å². The molecular formula is C12H24. The molecule has 0 spiro atoms. The first-order chi connectivity index (χ1) is 5.52. The summed E-state index contributed by atoms with van der Waals surface area (Å²) < 4.78 is 0. The molecule has 0 aliphatic rings. The molecule has 0 aromatic carbocycles. The van der Waals surface area contributed by atoms with Crippen molar-refractivity contribution in [3.05, 3.63) is 11.6 Å². The number of hydrogen-bond donors (Lipinski definition) is 0. The minimum Gasteiger partial charge on any atom is -0.0848 e. The van der Waals surface area contributed by atoms with Gasteiger partial charge in [0.05, 0.1) is 0 Å². The fraction of sp³-hybridized carbons (Fsp3) is 0.833. The number of hydrogen-bond acceptors (Lipinski definition) is 0. The second kappa shape index (κ2) is 5.40. The fourth-order valence-corrected chi connectivity index (χ4v) is 1.37. The molecule has 0 amide bonds. The van der Waals surface area contributed by atoms with Gasteiger partial charge in [0.1, 0.15) is 0 Å².